The van der Waals surface area contributed by atoms with Gasteiger partial charge in [0.05, 0.1) is 5.69 Å². The van der Waals surface area contributed by atoms with Crippen molar-refractivity contribution in [2.45, 2.75) is 19.8 Å². The summed E-state index contributed by atoms with van der Waals surface area (Å²) in [6, 6.07) is 7.43. The van der Waals surface area contributed by atoms with Gasteiger partial charge in [-0.25, -0.2) is 9.78 Å². The molecule has 0 spiro atoms. The van der Waals surface area contributed by atoms with E-state index in [2.05, 4.69) is 23.8 Å². The summed E-state index contributed by atoms with van der Waals surface area (Å²) >= 11 is 0. The van der Waals surface area contributed by atoms with Crippen LogP contribution in [0.4, 0.5) is 5.69 Å². The molecule has 3 N–H and O–H groups in total. The summed E-state index contributed by atoms with van der Waals surface area (Å²) in [5.41, 5.74) is 8.81. The van der Waals surface area contributed by atoms with E-state index >= 15 is 0 Å². The van der Waals surface area contributed by atoms with Gasteiger partial charge in [-0.05, 0) is 29.2 Å². The summed E-state index contributed by atoms with van der Waals surface area (Å²) in [7, 11) is 0. The van der Waals surface area contributed by atoms with Crippen LogP contribution in [0.5, 0.6) is 0 Å². The maximum atomic E-state index is 11.3. The zero-order valence-electron chi connectivity index (χ0n) is 9.90. The van der Waals surface area contributed by atoms with Gasteiger partial charge in [0.1, 0.15) is 0 Å². The van der Waals surface area contributed by atoms with Gasteiger partial charge in [0.2, 0.25) is 0 Å². The first-order valence-electron chi connectivity index (χ1n) is 5.53. The molecule has 0 saturated carbocycles. The number of rotatable bonds is 2. The number of anilines is 1. The average molecular weight is 229 g/mol. The summed E-state index contributed by atoms with van der Waals surface area (Å²) in [4.78, 5) is 17.9. The first-order valence-corrected chi connectivity index (χ1v) is 5.53. The van der Waals surface area contributed by atoms with Crippen LogP contribution in [-0.2, 0) is 0 Å². The Bertz CT molecular complexity index is 570. The normalized spacial score (nSPS) is 10.8. The van der Waals surface area contributed by atoms with Crippen molar-refractivity contribution in [3.05, 3.63) is 46.5 Å². The van der Waals surface area contributed by atoms with E-state index in [1.54, 1.807) is 6.20 Å². The van der Waals surface area contributed by atoms with E-state index < -0.39 is 0 Å². The van der Waals surface area contributed by atoms with Crippen molar-refractivity contribution in [1.82, 2.24) is 9.97 Å². The van der Waals surface area contributed by atoms with Gasteiger partial charge in [-0.1, -0.05) is 26.0 Å². The predicted molar refractivity (Wildman–Crippen MR) is 68.8 cm³/mol. The maximum absolute atomic E-state index is 11.3. The molecule has 0 atom stereocenters. The minimum Gasteiger partial charge on any atom is -0.399 e. The Hall–Kier alpha value is -2.10. The molecule has 0 fully saturated rings. The first kappa shape index (κ1) is 11.4. The monoisotopic (exact) mass is 229 g/mol. The molecule has 0 bridgehead atoms. The highest BCUT2D eigenvalue weighted by Gasteiger charge is 2.10. The van der Waals surface area contributed by atoms with Crippen LogP contribution in [0.2, 0.25) is 0 Å². The highest BCUT2D eigenvalue weighted by atomic mass is 16.1. The van der Waals surface area contributed by atoms with Crippen LogP contribution in [0.15, 0.2) is 35.3 Å². The first-order chi connectivity index (χ1) is 8.08. The number of nitrogens with one attached hydrogen (secondary N) is 1. The van der Waals surface area contributed by atoms with Crippen LogP contribution in [0.1, 0.15) is 25.3 Å². The molecule has 0 unspecified atom stereocenters. The molecule has 88 valence electrons. The zero-order chi connectivity index (χ0) is 12.4. The fourth-order valence-electron chi connectivity index (χ4n) is 1.73. The molecule has 1 heterocycles. The Kier molecular flexibility index (Phi) is 2.95. The van der Waals surface area contributed by atoms with Crippen LogP contribution in [0.3, 0.4) is 0 Å². The third-order valence-corrected chi connectivity index (χ3v) is 2.66. The minimum atomic E-state index is -0.332. The molecule has 0 saturated heterocycles. The molecule has 2 rings (SSSR count). The lowest BCUT2D eigenvalue weighted by Crippen LogP contribution is -2.13. The lowest BCUT2D eigenvalue weighted by atomic mass is 9.99. The molecular weight excluding hydrogens is 214 g/mol. The highest BCUT2D eigenvalue weighted by molar-refractivity contribution is 5.65. The number of benzene rings is 1. The second-order valence-electron chi connectivity index (χ2n) is 4.30. The standard InChI is InChI=1S/C13H15N3O/c1-8(2)11-7-15-13(17)16-12(11)9-3-5-10(14)6-4-9/h3-8H,14H2,1-2H3,(H,15,16,17). The van der Waals surface area contributed by atoms with Crippen molar-refractivity contribution in [3.63, 3.8) is 0 Å². The van der Waals surface area contributed by atoms with Gasteiger partial charge in [0.15, 0.2) is 0 Å². The largest absolute Gasteiger partial charge is 0.399 e. The van der Waals surface area contributed by atoms with Gasteiger partial charge < -0.3 is 10.7 Å². The van der Waals surface area contributed by atoms with Crippen LogP contribution < -0.4 is 11.4 Å². The van der Waals surface area contributed by atoms with E-state index in [1.807, 2.05) is 24.3 Å². The number of hydrogen-bond donors (Lipinski definition) is 2. The third-order valence-electron chi connectivity index (χ3n) is 2.66. The number of aromatic amines is 1. The summed E-state index contributed by atoms with van der Waals surface area (Å²) in [6.07, 6.45) is 1.63. The Morgan fingerprint density at radius 1 is 1.24 bits per heavy atom. The molecule has 0 aliphatic rings. The molecule has 0 amide bonds. The Morgan fingerprint density at radius 3 is 2.47 bits per heavy atom. The fraction of sp³-hybridized carbons (Fsp3) is 0.231. The molecule has 0 aliphatic heterocycles. The fourth-order valence-corrected chi connectivity index (χ4v) is 1.73. The molecule has 17 heavy (non-hydrogen) atoms. The molecule has 4 nitrogen and oxygen atoms in total. The topological polar surface area (TPSA) is 71.8 Å². The molecule has 4 heteroatoms. The van der Waals surface area contributed by atoms with E-state index in [9.17, 15) is 4.79 Å². The van der Waals surface area contributed by atoms with Gasteiger partial charge in [-0.3, -0.25) is 0 Å². The maximum Gasteiger partial charge on any atom is 0.345 e. The van der Waals surface area contributed by atoms with Crippen molar-refractivity contribution >= 4 is 5.69 Å². The van der Waals surface area contributed by atoms with Crippen LogP contribution in [-0.4, -0.2) is 9.97 Å². The molecule has 2 aromatic rings. The summed E-state index contributed by atoms with van der Waals surface area (Å²) in [5.74, 6) is 0.298. The number of nitrogens with zero attached hydrogens (tertiary/aromatic N) is 1. The number of nitrogens with two attached hydrogens (primary N) is 1. The molecule has 0 aliphatic carbocycles. The van der Waals surface area contributed by atoms with Crippen LogP contribution in [0, 0.1) is 0 Å². The van der Waals surface area contributed by atoms with E-state index in [-0.39, 0.29) is 5.69 Å². The number of hydrogen-bond acceptors (Lipinski definition) is 3. The lowest BCUT2D eigenvalue weighted by molar-refractivity contribution is 0.842. The molecule has 1 aromatic carbocycles. The zero-order valence-corrected chi connectivity index (χ0v) is 9.90. The van der Waals surface area contributed by atoms with E-state index in [4.69, 9.17) is 5.73 Å². The quantitative estimate of drug-likeness (QED) is 0.775. The Balaban J connectivity index is 2.60. The SMILES string of the molecule is CC(C)c1cnc(=O)[nH]c1-c1ccc(N)cc1. The molecular formula is C13H15N3O. The van der Waals surface area contributed by atoms with Gasteiger partial charge in [0, 0.05) is 11.9 Å². The van der Waals surface area contributed by atoms with Crippen LogP contribution in [0.25, 0.3) is 11.3 Å². The van der Waals surface area contributed by atoms with E-state index in [0.29, 0.717) is 11.6 Å². The van der Waals surface area contributed by atoms with Crippen LogP contribution >= 0.6 is 0 Å². The number of nitrogen functional groups attached to an aromatic ring is 1. The van der Waals surface area contributed by atoms with Crippen molar-refractivity contribution in [2.75, 3.05) is 5.73 Å². The lowest BCUT2D eigenvalue weighted by Gasteiger charge is -2.11. The highest BCUT2D eigenvalue weighted by Crippen LogP contribution is 2.25. The predicted octanol–water partition coefficient (Wildman–Crippen LogP) is 2.14. The summed E-state index contributed by atoms with van der Waals surface area (Å²) in [6.45, 7) is 4.13. The second kappa shape index (κ2) is 4.41. The van der Waals surface area contributed by atoms with Gasteiger partial charge in [-0.2, -0.15) is 0 Å². The van der Waals surface area contributed by atoms with Gasteiger partial charge in [-0.15, -0.1) is 0 Å². The summed E-state index contributed by atoms with van der Waals surface area (Å²) < 4.78 is 0. The van der Waals surface area contributed by atoms with Crippen molar-refractivity contribution in [2.24, 2.45) is 0 Å². The summed E-state index contributed by atoms with van der Waals surface area (Å²) in [5, 5.41) is 0. The minimum absolute atomic E-state index is 0.298. The Morgan fingerprint density at radius 2 is 1.88 bits per heavy atom. The molecule has 0 radical (unpaired) electrons. The second-order valence-corrected chi connectivity index (χ2v) is 4.30. The smallest absolute Gasteiger partial charge is 0.345 e. The average Bonchev–Trinajstić information content (AvgIpc) is 2.29. The van der Waals surface area contributed by atoms with Gasteiger partial charge >= 0.3 is 5.69 Å². The molecule has 1 aromatic heterocycles. The van der Waals surface area contributed by atoms with Gasteiger partial charge in [0.25, 0.3) is 0 Å². The van der Waals surface area contributed by atoms with Crippen molar-refractivity contribution in [1.29, 1.82) is 0 Å². The Labute approximate surface area is 99.5 Å². The van der Waals surface area contributed by atoms with E-state index in [1.165, 1.54) is 0 Å². The third kappa shape index (κ3) is 2.36. The van der Waals surface area contributed by atoms with E-state index in [0.717, 1.165) is 16.8 Å². The number of H-pyrrole nitrogens is 1. The number of aromatic nitrogens is 2. The van der Waals surface area contributed by atoms with Crippen molar-refractivity contribution < 1.29 is 0 Å². The van der Waals surface area contributed by atoms with Crippen molar-refractivity contribution in [3.8, 4) is 11.3 Å².